The van der Waals surface area contributed by atoms with E-state index in [1.807, 2.05) is 0 Å². The van der Waals surface area contributed by atoms with Gasteiger partial charge in [-0.25, -0.2) is 9.48 Å². The number of fused-ring (bicyclic) bond motifs is 1. The van der Waals surface area contributed by atoms with Crippen LogP contribution in [0.15, 0.2) is 121 Å². The van der Waals surface area contributed by atoms with Gasteiger partial charge in [0.2, 0.25) is 6.17 Å². The van der Waals surface area contributed by atoms with Gasteiger partial charge < -0.3 is 0 Å². The van der Waals surface area contributed by atoms with Gasteiger partial charge in [-0.1, -0.05) is 128 Å². The van der Waals surface area contributed by atoms with Crippen LogP contribution in [0.3, 0.4) is 0 Å². The summed E-state index contributed by atoms with van der Waals surface area (Å²) in [5.74, 6) is 0. The van der Waals surface area contributed by atoms with Gasteiger partial charge in [0.25, 0.3) is 0 Å². The van der Waals surface area contributed by atoms with E-state index in [9.17, 15) is 0 Å². The predicted molar refractivity (Wildman–Crippen MR) is 170 cm³/mol. The minimum atomic E-state index is -1.22. The molecule has 0 aliphatic carbocycles. The Morgan fingerprint density at radius 2 is 1.10 bits per heavy atom. The first-order chi connectivity index (χ1) is 19.3. The third-order valence-corrected chi connectivity index (χ3v) is 8.66. The summed E-state index contributed by atoms with van der Waals surface area (Å²) in [5, 5.41) is 0. The highest BCUT2D eigenvalue weighted by atomic mass is 15.3. The SMILES string of the molecule is CCCN1CCC[N+]2=CCCCCC12.c1ccc([B-](c2ccccc2)(c2ccccc2)c2ccccc2)cc1. The Hall–Kier alpha value is -3.43. The van der Waals surface area contributed by atoms with Gasteiger partial charge in [0, 0.05) is 32.4 Å². The molecule has 2 aliphatic rings. The molecule has 3 heteroatoms. The molecular weight excluding hydrogens is 471 g/mol. The second kappa shape index (κ2) is 13.6. The molecule has 0 bridgehead atoms. The van der Waals surface area contributed by atoms with Gasteiger partial charge in [-0.3, -0.25) is 0 Å². The Balaban J connectivity index is 0.000000186. The van der Waals surface area contributed by atoms with E-state index in [1.54, 1.807) is 0 Å². The molecule has 0 N–H and O–H groups in total. The van der Waals surface area contributed by atoms with Crippen molar-refractivity contribution in [2.45, 2.75) is 51.6 Å². The van der Waals surface area contributed by atoms with E-state index >= 15 is 0 Å². The minimum Gasteiger partial charge on any atom is -0.246 e. The first-order valence-electron chi connectivity index (χ1n) is 15.0. The number of hydrogen-bond donors (Lipinski definition) is 0. The van der Waals surface area contributed by atoms with Crippen LogP contribution in [0.5, 0.6) is 0 Å². The highest BCUT2D eigenvalue weighted by Gasteiger charge is 2.32. The Morgan fingerprint density at radius 1 is 0.641 bits per heavy atom. The second-order valence-electron chi connectivity index (χ2n) is 11.1. The van der Waals surface area contributed by atoms with E-state index in [0.29, 0.717) is 0 Å². The predicted octanol–water partition coefficient (Wildman–Crippen LogP) is 5.15. The second-order valence-corrected chi connectivity index (χ2v) is 11.1. The van der Waals surface area contributed by atoms with Crippen molar-refractivity contribution in [2.24, 2.45) is 0 Å². The van der Waals surface area contributed by atoms with Crippen LogP contribution in [0.4, 0.5) is 0 Å². The molecule has 1 fully saturated rings. The molecule has 4 aromatic carbocycles. The van der Waals surface area contributed by atoms with Crippen LogP contribution in [-0.4, -0.2) is 47.6 Å². The maximum Gasteiger partial charge on any atom is 0.208 e. The normalized spacial score (nSPS) is 17.7. The molecule has 39 heavy (non-hydrogen) atoms. The van der Waals surface area contributed by atoms with Crippen LogP contribution >= 0.6 is 0 Å². The van der Waals surface area contributed by atoms with Gasteiger partial charge in [0.15, 0.2) is 0 Å². The fraction of sp³-hybridized carbons (Fsp3) is 0.306. The quantitative estimate of drug-likeness (QED) is 0.255. The van der Waals surface area contributed by atoms with Crippen molar-refractivity contribution in [3.05, 3.63) is 121 Å². The number of nitrogens with zero attached hydrogens (tertiary/aromatic N) is 2. The molecule has 1 saturated heterocycles. The summed E-state index contributed by atoms with van der Waals surface area (Å²) in [5.41, 5.74) is 5.36. The summed E-state index contributed by atoms with van der Waals surface area (Å²) in [6.45, 7) is 6.20. The van der Waals surface area contributed by atoms with Gasteiger partial charge in [-0.05, 0) is 19.3 Å². The maximum absolute atomic E-state index is 2.69. The molecule has 0 aromatic heterocycles. The van der Waals surface area contributed by atoms with Crippen molar-refractivity contribution in [1.82, 2.24) is 4.90 Å². The van der Waals surface area contributed by atoms with E-state index in [0.717, 1.165) is 6.17 Å². The van der Waals surface area contributed by atoms with Crippen LogP contribution in [0, 0.1) is 0 Å². The molecule has 2 nitrogen and oxygen atoms in total. The fourth-order valence-corrected chi connectivity index (χ4v) is 6.92. The molecule has 1 atom stereocenters. The summed E-state index contributed by atoms with van der Waals surface area (Å²) in [7, 11) is 0. The zero-order chi connectivity index (χ0) is 26.8. The average Bonchev–Trinajstić information content (AvgIpc) is 3.27. The molecule has 0 radical (unpaired) electrons. The van der Waals surface area contributed by atoms with Crippen molar-refractivity contribution in [1.29, 1.82) is 0 Å². The third-order valence-electron chi connectivity index (χ3n) is 8.66. The number of benzene rings is 4. The zero-order valence-electron chi connectivity index (χ0n) is 23.5. The van der Waals surface area contributed by atoms with Gasteiger partial charge in [0.05, 0.1) is 0 Å². The smallest absolute Gasteiger partial charge is 0.208 e. The van der Waals surface area contributed by atoms with Crippen LogP contribution in [-0.2, 0) is 0 Å². The van der Waals surface area contributed by atoms with E-state index in [-0.39, 0.29) is 0 Å². The Labute approximate surface area is 235 Å². The lowest BCUT2D eigenvalue weighted by molar-refractivity contribution is -0.600. The summed E-state index contributed by atoms with van der Waals surface area (Å²) in [6, 6.07) is 43.5. The molecule has 6 rings (SSSR count). The summed E-state index contributed by atoms with van der Waals surface area (Å²) in [6.07, 6.45) is 10.1. The zero-order valence-corrected chi connectivity index (χ0v) is 23.5. The molecular formula is C36H43BN2. The van der Waals surface area contributed by atoms with Gasteiger partial charge in [-0.15, -0.1) is 0 Å². The van der Waals surface area contributed by atoms with Gasteiger partial charge >= 0.3 is 0 Å². The summed E-state index contributed by atoms with van der Waals surface area (Å²) >= 11 is 0. The number of hydrogen-bond acceptors (Lipinski definition) is 1. The topological polar surface area (TPSA) is 6.25 Å². The van der Waals surface area contributed by atoms with Crippen molar-refractivity contribution in [3.63, 3.8) is 0 Å². The highest BCUT2D eigenvalue weighted by molar-refractivity contribution is 7.19. The standard InChI is InChI=1S/C24H20B.C12H23N2/c1-5-13-21(14-6-1)25(22-15-7-2-8-16-22,23-17-9-3-10-18-23)24-19-11-4-12-20-24;1-2-8-13-10-6-11-14-9-5-3-4-7-12(13)14/h1-20H;9,12H,2-8,10-11H2,1H3/q-1;+1. The maximum atomic E-state index is 2.69. The molecule has 1 unspecified atom stereocenters. The Bertz CT molecular complexity index is 1120. The van der Waals surface area contributed by atoms with Crippen molar-refractivity contribution < 1.29 is 4.58 Å². The van der Waals surface area contributed by atoms with Crippen molar-refractivity contribution in [3.8, 4) is 0 Å². The molecule has 2 heterocycles. The van der Waals surface area contributed by atoms with E-state index in [1.165, 1.54) is 80.0 Å². The largest absolute Gasteiger partial charge is 0.246 e. The lowest BCUT2D eigenvalue weighted by Crippen LogP contribution is -2.74. The van der Waals surface area contributed by atoms with Crippen LogP contribution in [0.2, 0.25) is 0 Å². The average molecular weight is 515 g/mol. The number of rotatable bonds is 6. The Morgan fingerprint density at radius 3 is 1.54 bits per heavy atom. The summed E-state index contributed by atoms with van der Waals surface area (Å²) in [4.78, 5) is 2.69. The van der Waals surface area contributed by atoms with E-state index < -0.39 is 6.15 Å². The van der Waals surface area contributed by atoms with E-state index in [4.69, 9.17) is 0 Å². The molecule has 2 aliphatic heterocycles. The lowest BCUT2D eigenvalue weighted by atomic mass is 9.13. The molecule has 4 aromatic rings. The molecule has 0 spiro atoms. The fourth-order valence-electron chi connectivity index (χ4n) is 6.92. The minimum absolute atomic E-state index is 0.742. The molecule has 0 amide bonds. The van der Waals surface area contributed by atoms with Crippen LogP contribution in [0.25, 0.3) is 0 Å². The van der Waals surface area contributed by atoms with Crippen LogP contribution < -0.4 is 21.9 Å². The monoisotopic (exact) mass is 514 g/mol. The van der Waals surface area contributed by atoms with Gasteiger partial charge in [0.1, 0.15) is 18.9 Å². The third kappa shape index (κ3) is 6.10. The first-order valence-corrected chi connectivity index (χ1v) is 15.0. The Kier molecular flexibility index (Phi) is 9.45. The molecule has 200 valence electrons. The van der Waals surface area contributed by atoms with Crippen molar-refractivity contribution in [2.75, 3.05) is 19.6 Å². The lowest BCUT2D eigenvalue weighted by Gasteiger charge is -2.44. The molecule has 0 saturated carbocycles. The first kappa shape index (κ1) is 27.2. The van der Waals surface area contributed by atoms with Crippen molar-refractivity contribution >= 4 is 34.2 Å². The van der Waals surface area contributed by atoms with Crippen LogP contribution in [0.1, 0.15) is 45.4 Å². The van der Waals surface area contributed by atoms with Gasteiger partial charge in [-0.2, -0.15) is 21.9 Å². The van der Waals surface area contributed by atoms with E-state index in [2.05, 4.69) is 144 Å². The highest BCUT2D eigenvalue weighted by Crippen LogP contribution is 2.19. The summed E-state index contributed by atoms with van der Waals surface area (Å²) < 4.78 is 2.60.